The van der Waals surface area contributed by atoms with E-state index in [0.29, 0.717) is 22.7 Å². The number of fused-ring (bicyclic) bond motifs is 3. The Morgan fingerprint density at radius 3 is 2.50 bits per heavy atom. The molecule has 0 radical (unpaired) electrons. The predicted molar refractivity (Wildman–Crippen MR) is 128 cm³/mol. The fourth-order valence-electron chi connectivity index (χ4n) is 6.24. The van der Waals surface area contributed by atoms with Crippen molar-refractivity contribution in [1.82, 2.24) is 10.2 Å². The minimum atomic E-state index is -2.74. The highest BCUT2D eigenvalue weighted by molar-refractivity contribution is 6.34. The molecular weight excluding hydrogens is 490 g/mol. The number of aromatic hydroxyl groups is 1. The van der Waals surface area contributed by atoms with Crippen molar-refractivity contribution in [1.29, 1.82) is 0 Å². The third-order valence-electron chi connectivity index (χ3n) is 7.81. The molecule has 3 aliphatic rings. The average molecular weight is 520 g/mol. The number of nitrogens with zero attached hydrogens (tertiary/aromatic N) is 1. The van der Waals surface area contributed by atoms with E-state index in [1.807, 2.05) is 6.92 Å². The zero-order valence-corrected chi connectivity index (χ0v) is 21.1. The molecule has 2 fully saturated rings. The summed E-state index contributed by atoms with van der Waals surface area (Å²) in [6.07, 6.45) is 1.02. The standard InChI is InChI=1S/C25H30ClN3O7/c1-4-5-28-9-11-8-14(30)16-12(18(11)26)6-10-7-13-19(29(2)3)21(32)17(24(27)35)23(34)25(13,36)22(33)15(10)20(16)31/h8,10,13,15,17,19,28,30,36H,4-7,9H2,1-3H3,(H2,27,35)/t10-,13-,15?,17?,19-,25-/m0/s1. The molecule has 1 amide bonds. The van der Waals surface area contributed by atoms with E-state index in [1.165, 1.54) is 11.0 Å². The SMILES string of the molecule is CCCNCc1cc(O)c2c(c1Cl)C[C@H]1C[C@H]3[C@H](N(C)C)C(=O)C(C(N)=O)C(=O)[C@@]3(O)C(=O)C1C2=O. The highest BCUT2D eigenvalue weighted by Gasteiger charge is 2.69. The molecule has 4 rings (SSSR count). The molecule has 0 aliphatic heterocycles. The number of nitrogens with one attached hydrogen (secondary N) is 1. The van der Waals surface area contributed by atoms with Gasteiger partial charge in [-0.25, -0.2) is 0 Å². The summed E-state index contributed by atoms with van der Waals surface area (Å²) in [5.74, 6) is -10.7. The summed E-state index contributed by atoms with van der Waals surface area (Å²) in [5, 5.41) is 25.8. The molecular formula is C25H30ClN3O7. The highest BCUT2D eigenvalue weighted by atomic mass is 35.5. The topological polar surface area (TPSA) is 167 Å². The fourth-order valence-corrected chi connectivity index (χ4v) is 6.53. The van der Waals surface area contributed by atoms with Crippen LogP contribution in [0, 0.1) is 23.7 Å². The van der Waals surface area contributed by atoms with E-state index in [-0.39, 0.29) is 24.2 Å². The first kappa shape index (κ1) is 26.4. The first-order valence-corrected chi connectivity index (χ1v) is 12.3. The summed E-state index contributed by atoms with van der Waals surface area (Å²) in [4.78, 5) is 67.1. The molecule has 3 aliphatic carbocycles. The lowest BCUT2D eigenvalue weighted by atomic mass is 9.52. The van der Waals surface area contributed by atoms with Crippen LogP contribution < -0.4 is 11.1 Å². The second-order valence-electron chi connectivity index (χ2n) is 10.2. The van der Waals surface area contributed by atoms with Crippen LogP contribution >= 0.6 is 11.6 Å². The molecule has 36 heavy (non-hydrogen) atoms. The molecule has 2 unspecified atom stereocenters. The number of phenols is 1. The summed E-state index contributed by atoms with van der Waals surface area (Å²) in [7, 11) is 3.08. The van der Waals surface area contributed by atoms with Gasteiger partial charge in [-0.05, 0) is 63.0 Å². The number of primary amides is 1. The minimum absolute atomic E-state index is 0.0146. The Morgan fingerprint density at radius 2 is 1.92 bits per heavy atom. The van der Waals surface area contributed by atoms with E-state index in [0.717, 1.165) is 13.0 Å². The zero-order valence-electron chi connectivity index (χ0n) is 20.3. The summed E-state index contributed by atoms with van der Waals surface area (Å²) in [5.41, 5.74) is 3.47. The molecule has 2 saturated carbocycles. The van der Waals surface area contributed by atoms with E-state index >= 15 is 0 Å². The van der Waals surface area contributed by atoms with Crippen LogP contribution in [-0.2, 0) is 32.1 Å². The Kier molecular flexibility index (Phi) is 6.85. The first-order chi connectivity index (χ1) is 16.9. The van der Waals surface area contributed by atoms with Gasteiger partial charge in [-0.15, -0.1) is 0 Å². The van der Waals surface area contributed by atoms with Crippen molar-refractivity contribution in [3.63, 3.8) is 0 Å². The van der Waals surface area contributed by atoms with Crippen LogP contribution in [0.4, 0.5) is 0 Å². The lowest BCUT2D eigenvalue weighted by Gasteiger charge is -2.52. The second kappa shape index (κ2) is 9.33. The number of hydrogen-bond donors (Lipinski definition) is 4. The number of aliphatic hydroxyl groups is 1. The number of rotatable bonds is 6. The van der Waals surface area contributed by atoms with E-state index in [4.69, 9.17) is 17.3 Å². The molecule has 0 saturated heterocycles. The average Bonchev–Trinajstić information content (AvgIpc) is 2.79. The molecule has 1 aromatic rings. The number of phenolic OH excluding ortho intramolecular Hbond substituents is 1. The Bertz CT molecular complexity index is 1180. The quantitative estimate of drug-likeness (QED) is 0.299. The number of carbonyl (C=O) groups excluding carboxylic acids is 5. The molecule has 0 aromatic heterocycles. The lowest BCUT2D eigenvalue weighted by molar-refractivity contribution is -0.181. The van der Waals surface area contributed by atoms with Crippen LogP contribution in [0.1, 0.15) is 41.3 Å². The summed E-state index contributed by atoms with van der Waals surface area (Å²) < 4.78 is 0. The second-order valence-corrected chi connectivity index (χ2v) is 10.6. The van der Waals surface area contributed by atoms with Crippen LogP contribution in [0.25, 0.3) is 0 Å². The summed E-state index contributed by atoms with van der Waals surface area (Å²) in [6.45, 7) is 3.11. The monoisotopic (exact) mass is 519 g/mol. The van der Waals surface area contributed by atoms with Crippen molar-refractivity contribution in [2.45, 2.75) is 44.4 Å². The van der Waals surface area contributed by atoms with Gasteiger partial charge in [-0.3, -0.25) is 28.9 Å². The van der Waals surface area contributed by atoms with Gasteiger partial charge in [-0.2, -0.15) is 0 Å². The van der Waals surface area contributed by atoms with Gasteiger partial charge in [0, 0.05) is 17.5 Å². The number of likely N-dealkylation sites (N-methyl/N-ethyl adjacent to an activating group) is 1. The Labute approximate surface area is 213 Å². The molecule has 0 bridgehead atoms. The van der Waals surface area contributed by atoms with Crippen LogP contribution in [0.2, 0.25) is 5.02 Å². The molecule has 194 valence electrons. The van der Waals surface area contributed by atoms with Gasteiger partial charge >= 0.3 is 0 Å². The van der Waals surface area contributed by atoms with Gasteiger partial charge in [0.1, 0.15) is 5.75 Å². The van der Waals surface area contributed by atoms with E-state index in [1.54, 1.807) is 14.1 Å². The lowest BCUT2D eigenvalue weighted by Crippen LogP contribution is -2.74. The van der Waals surface area contributed by atoms with Gasteiger partial charge in [0.15, 0.2) is 34.7 Å². The van der Waals surface area contributed by atoms with E-state index in [2.05, 4.69) is 5.32 Å². The molecule has 11 heteroatoms. The Balaban J connectivity index is 1.81. The Hall–Kier alpha value is -2.66. The maximum atomic E-state index is 13.7. The number of carbonyl (C=O) groups is 5. The third kappa shape index (κ3) is 3.70. The van der Waals surface area contributed by atoms with Gasteiger partial charge < -0.3 is 21.3 Å². The molecule has 5 N–H and O–H groups in total. The van der Waals surface area contributed by atoms with Crippen molar-refractivity contribution in [2.24, 2.45) is 29.4 Å². The molecule has 0 spiro atoms. The van der Waals surface area contributed by atoms with Crippen LogP contribution in [-0.4, -0.2) is 76.4 Å². The number of Topliss-reactive ketones (excluding diaryl/α,β-unsaturated/α-hetero) is 4. The summed E-state index contributed by atoms with van der Waals surface area (Å²) >= 11 is 6.65. The molecule has 0 heterocycles. The maximum Gasteiger partial charge on any atom is 0.235 e. The van der Waals surface area contributed by atoms with Gasteiger partial charge in [0.05, 0.1) is 17.5 Å². The number of benzene rings is 1. The zero-order chi connectivity index (χ0) is 26.7. The summed E-state index contributed by atoms with van der Waals surface area (Å²) in [6, 6.07) is 0.239. The Morgan fingerprint density at radius 1 is 1.25 bits per heavy atom. The van der Waals surface area contributed by atoms with Crippen molar-refractivity contribution in [3.8, 4) is 5.75 Å². The van der Waals surface area contributed by atoms with Crippen LogP contribution in [0.15, 0.2) is 6.07 Å². The van der Waals surface area contributed by atoms with Crippen LogP contribution in [0.5, 0.6) is 5.75 Å². The number of hydrogen-bond acceptors (Lipinski definition) is 9. The van der Waals surface area contributed by atoms with Gasteiger partial charge in [-0.1, -0.05) is 18.5 Å². The number of ketones is 4. The minimum Gasteiger partial charge on any atom is -0.507 e. The fraction of sp³-hybridized carbons (Fsp3) is 0.560. The van der Waals surface area contributed by atoms with Crippen molar-refractivity contribution < 1.29 is 34.2 Å². The largest absolute Gasteiger partial charge is 0.507 e. The van der Waals surface area contributed by atoms with Gasteiger partial charge in [0.25, 0.3) is 0 Å². The first-order valence-electron chi connectivity index (χ1n) is 12.0. The number of nitrogens with two attached hydrogens (primary N) is 1. The smallest absolute Gasteiger partial charge is 0.235 e. The highest BCUT2D eigenvalue weighted by Crippen LogP contribution is 2.51. The molecule has 1 aromatic carbocycles. The van der Waals surface area contributed by atoms with Crippen molar-refractivity contribution in [3.05, 3.63) is 27.8 Å². The predicted octanol–water partition coefficient (Wildman–Crippen LogP) is 0.0200. The third-order valence-corrected chi connectivity index (χ3v) is 8.28. The van der Waals surface area contributed by atoms with Crippen molar-refractivity contribution >= 4 is 40.6 Å². The molecule has 6 atom stereocenters. The molecule has 10 nitrogen and oxygen atoms in total. The van der Waals surface area contributed by atoms with Crippen LogP contribution in [0.3, 0.4) is 0 Å². The van der Waals surface area contributed by atoms with E-state index in [9.17, 15) is 34.2 Å². The number of amides is 1. The van der Waals surface area contributed by atoms with Gasteiger partial charge in [0.2, 0.25) is 5.91 Å². The maximum absolute atomic E-state index is 13.7. The van der Waals surface area contributed by atoms with Crippen molar-refractivity contribution in [2.75, 3.05) is 20.6 Å². The number of halogens is 1. The normalized spacial score (nSPS) is 31.8. The van der Waals surface area contributed by atoms with E-state index < -0.39 is 64.4 Å².